The minimum Gasteiger partial charge on any atom is -0.389 e. The van der Waals surface area contributed by atoms with Gasteiger partial charge < -0.3 is 10.0 Å². The van der Waals surface area contributed by atoms with Crippen molar-refractivity contribution in [2.75, 3.05) is 13.1 Å². The van der Waals surface area contributed by atoms with Crippen molar-refractivity contribution in [1.29, 1.82) is 0 Å². The fourth-order valence-corrected chi connectivity index (χ4v) is 2.35. The highest BCUT2D eigenvalue weighted by Crippen LogP contribution is 2.17. The number of rotatable bonds is 5. The SMILES string of the molecule is CCc1ncc(C(=O)N(CC)CC(C)(C)O)s1. The molecule has 0 bridgehead atoms. The Labute approximate surface area is 106 Å². The lowest BCUT2D eigenvalue weighted by atomic mass is 10.1. The van der Waals surface area contributed by atoms with Crippen molar-refractivity contribution in [2.24, 2.45) is 0 Å². The Morgan fingerprint density at radius 3 is 2.59 bits per heavy atom. The standard InChI is InChI=1S/C12H20N2O2S/c1-5-10-13-7-9(17-10)11(15)14(6-2)8-12(3,4)16/h7,16H,5-6,8H2,1-4H3. The van der Waals surface area contributed by atoms with E-state index in [1.165, 1.54) is 11.3 Å². The molecule has 1 N–H and O–H groups in total. The van der Waals surface area contributed by atoms with Gasteiger partial charge in [0.05, 0.1) is 16.8 Å². The first-order valence-corrected chi connectivity index (χ1v) is 6.65. The minimum atomic E-state index is -0.871. The van der Waals surface area contributed by atoms with Crippen LogP contribution in [-0.4, -0.2) is 39.6 Å². The number of hydrogen-bond acceptors (Lipinski definition) is 4. The molecule has 0 aromatic carbocycles. The fourth-order valence-electron chi connectivity index (χ4n) is 1.52. The Hall–Kier alpha value is -0.940. The summed E-state index contributed by atoms with van der Waals surface area (Å²) in [5, 5.41) is 10.7. The highest BCUT2D eigenvalue weighted by Gasteiger charge is 2.23. The average molecular weight is 256 g/mol. The maximum Gasteiger partial charge on any atom is 0.265 e. The number of aliphatic hydroxyl groups is 1. The molecule has 0 aliphatic rings. The molecule has 1 aromatic heterocycles. The molecule has 0 radical (unpaired) electrons. The molecular formula is C12H20N2O2S. The number of hydrogen-bond donors (Lipinski definition) is 1. The molecule has 0 unspecified atom stereocenters. The number of aromatic nitrogens is 1. The van der Waals surface area contributed by atoms with E-state index in [-0.39, 0.29) is 5.91 Å². The van der Waals surface area contributed by atoms with Crippen LogP contribution in [0.15, 0.2) is 6.20 Å². The summed E-state index contributed by atoms with van der Waals surface area (Å²) in [6.45, 7) is 8.25. The van der Waals surface area contributed by atoms with E-state index in [0.29, 0.717) is 18.0 Å². The van der Waals surface area contributed by atoms with Gasteiger partial charge in [-0.05, 0) is 27.2 Å². The van der Waals surface area contributed by atoms with E-state index in [1.807, 2.05) is 13.8 Å². The predicted molar refractivity (Wildman–Crippen MR) is 69.4 cm³/mol. The largest absolute Gasteiger partial charge is 0.389 e. The second kappa shape index (κ2) is 5.60. The number of aryl methyl sites for hydroxylation is 1. The number of amides is 1. The van der Waals surface area contributed by atoms with Gasteiger partial charge in [-0.25, -0.2) is 4.98 Å². The average Bonchev–Trinajstić information content (AvgIpc) is 2.72. The molecule has 0 aliphatic heterocycles. The van der Waals surface area contributed by atoms with Crippen LogP contribution in [-0.2, 0) is 6.42 Å². The molecule has 0 saturated carbocycles. The zero-order chi connectivity index (χ0) is 13.1. The zero-order valence-corrected chi connectivity index (χ0v) is 11.7. The van der Waals surface area contributed by atoms with E-state index in [1.54, 1.807) is 24.9 Å². The number of thiazole rings is 1. The Bertz CT molecular complexity index is 382. The smallest absolute Gasteiger partial charge is 0.265 e. The molecular weight excluding hydrogens is 236 g/mol. The van der Waals surface area contributed by atoms with Gasteiger partial charge >= 0.3 is 0 Å². The third-order valence-corrected chi connectivity index (χ3v) is 3.44. The fraction of sp³-hybridized carbons (Fsp3) is 0.667. The Morgan fingerprint density at radius 1 is 1.53 bits per heavy atom. The van der Waals surface area contributed by atoms with Crippen LogP contribution >= 0.6 is 11.3 Å². The van der Waals surface area contributed by atoms with Crippen LogP contribution in [0.2, 0.25) is 0 Å². The van der Waals surface area contributed by atoms with Gasteiger partial charge in [0.25, 0.3) is 5.91 Å². The van der Waals surface area contributed by atoms with Crippen LogP contribution in [0, 0.1) is 0 Å². The molecule has 5 heteroatoms. The van der Waals surface area contributed by atoms with Gasteiger partial charge in [0, 0.05) is 13.1 Å². The zero-order valence-electron chi connectivity index (χ0n) is 10.9. The highest BCUT2D eigenvalue weighted by molar-refractivity contribution is 7.13. The lowest BCUT2D eigenvalue weighted by molar-refractivity contribution is 0.0317. The molecule has 0 atom stereocenters. The number of nitrogens with zero attached hydrogens (tertiary/aromatic N) is 2. The van der Waals surface area contributed by atoms with E-state index in [4.69, 9.17) is 0 Å². The van der Waals surface area contributed by atoms with E-state index >= 15 is 0 Å². The van der Waals surface area contributed by atoms with Crippen molar-refractivity contribution < 1.29 is 9.90 Å². The molecule has 96 valence electrons. The minimum absolute atomic E-state index is 0.0492. The van der Waals surface area contributed by atoms with Crippen molar-refractivity contribution in [3.63, 3.8) is 0 Å². The third kappa shape index (κ3) is 4.09. The quantitative estimate of drug-likeness (QED) is 0.876. The first-order valence-electron chi connectivity index (χ1n) is 5.83. The molecule has 1 amide bonds. The first kappa shape index (κ1) is 14.1. The summed E-state index contributed by atoms with van der Waals surface area (Å²) in [4.78, 5) is 18.6. The van der Waals surface area contributed by atoms with E-state index in [0.717, 1.165) is 11.4 Å². The first-order chi connectivity index (χ1) is 7.87. The number of likely N-dealkylation sites (N-methyl/N-ethyl adjacent to an activating group) is 1. The van der Waals surface area contributed by atoms with E-state index < -0.39 is 5.60 Å². The second-order valence-electron chi connectivity index (χ2n) is 4.60. The summed E-state index contributed by atoms with van der Waals surface area (Å²) >= 11 is 1.43. The van der Waals surface area contributed by atoms with Gasteiger partial charge in [0.1, 0.15) is 4.88 Å². The van der Waals surface area contributed by atoms with Crippen molar-refractivity contribution in [3.05, 3.63) is 16.1 Å². The third-order valence-electron chi connectivity index (χ3n) is 2.31. The van der Waals surface area contributed by atoms with Crippen molar-refractivity contribution in [1.82, 2.24) is 9.88 Å². The Kier molecular flexibility index (Phi) is 4.65. The maximum absolute atomic E-state index is 12.2. The normalized spacial score (nSPS) is 11.6. The molecule has 0 saturated heterocycles. The summed E-state index contributed by atoms with van der Waals surface area (Å²) in [5.74, 6) is -0.0492. The van der Waals surface area contributed by atoms with Gasteiger partial charge in [-0.3, -0.25) is 4.79 Å². The van der Waals surface area contributed by atoms with Crippen molar-refractivity contribution in [3.8, 4) is 0 Å². The number of carbonyl (C=O) groups excluding carboxylic acids is 1. The maximum atomic E-state index is 12.2. The Balaban J connectivity index is 2.79. The van der Waals surface area contributed by atoms with Crippen LogP contribution in [0.1, 0.15) is 42.4 Å². The monoisotopic (exact) mass is 256 g/mol. The van der Waals surface area contributed by atoms with Crippen LogP contribution < -0.4 is 0 Å². The summed E-state index contributed by atoms with van der Waals surface area (Å²) in [6.07, 6.45) is 2.47. The van der Waals surface area contributed by atoms with Gasteiger partial charge in [-0.15, -0.1) is 11.3 Å². The molecule has 0 spiro atoms. The van der Waals surface area contributed by atoms with Gasteiger partial charge in [0.2, 0.25) is 0 Å². The second-order valence-corrected chi connectivity index (χ2v) is 5.72. The molecule has 17 heavy (non-hydrogen) atoms. The van der Waals surface area contributed by atoms with Crippen LogP contribution in [0.25, 0.3) is 0 Å². The van der Waals surface area contributed by atoms with Gasteiger partial charge in [-0.2, -0.15) is 0 Å². The van der Waals surface area contributed by atoms with Crippen LogP contribution in [0.5, 0.6) is 0 Å². The van der Waals surface area contributed by atoms with Gasteiger partial charge in [-0.1, -0.05) is 6.92 Å². The molecule has 1 heterocycles. The molecule has 1 aromatic rings. The molecule has 0 fully saturated rings. The summed E-state index contributed by atoms with van der Waals surface area (Å²) in [5.41, 5.74) is -0.871. The van der Waals surface area contributed by atoms with Crippen LogP contribution in [0.3, 0.4) is 0 Å². The Morgan fingerprint density at radius 2 is 2.18 bits per heavy atom. The van der Waals surface area contributed by atoms with E-state index in [2.05, 4.69) is 4.98 Å². The van der Waals surface area contributed by atoms with Gasteiger partial charge in [0.15, 0.2) is 0 Å². The summed E-state index contributed by atoms with van der Waals surface area (Å²) in [6, 6.07) is 0. The molecule has 4 nitrogen and oxygen atoms in total. The highest BCUT2D eigenvalue weighted by atomic mass is 32.1. The van der Waals surface area contributed by atoms with Crippen molar-refractivity contribution >= 4 is 17.2 Å². The topological polar surface area (TPSA) is 53.4 Å². The number of carbonyl (C=O) groups is 1. The lowest BCUT2D eigenvalue weighted by Gasteiger charge is -2.27. The molecule has 1 rings (SSSR count). The molecule has 0 aliphatic carbocycles. The van der Waals surface area contributed by atoms with Crippen LogP contribution in [0.4, 0.5) is 0 Å². The van der Waals surface area contributed by atoms with E-state index in [9.17, 15) is 9.90 Å². The summed E-state index contributed by atoms with van der Waals surface area (Å²) in [7, 11) is 0. The lowest BCUT2D eigenvalue weighted by Crippen LogP contribution is -2.41. The summed E-state index contributed by atoms with van der Waals surface area (Å²) < 4.78 is 0. The predicted octanol–water partition coefficient (Wildman–Crippen LogP) is 1.94. The van der Waals surface area contributed by atoms with Crippen molar-refractivity contribution in [2.45, 2.75) is 39.7 Å².